The number of halogens is 6. The fourth-order valence-corrected chi connectivity index (χ4v) is 3.77. The maximum atomic E-state index is 6.18. The molecule has 0 spiro atoms. The van der Waals surface area contributed by atoms with Gasteiger partial charge in [-0.1, -0.05) is 87.0 Å². The molecule has 0 radical (unpaired) electrons. The van der Waals surface area contributed by atoms with E-state index in [2.05, 4.69) is 89.7 Å². The third kappa shape index (κ3) is 15.9. The van der Waals surface area contributed by atoms with Gasteiger partial charge in [-0.2, -0.15) is 0 Å². The molecule has 156 valence electrons. The summed E-state index contributed by atoms with van der Waals surface area (Å²) in [6.45, 7) is 12.3. The summed E-state index contributed by atoms with van der Waals surface area (Å²) in [7, 11) is 0. The first-order valence-electron chi connectivity index (χ1n) is 8.89. The van der Waals surface area contributed by atoms with Crippen LogP contribution in [0.25, 0.3) is 0 Å². The Labute approximate surface area is 205 Å². The Kier molecular flexibility index (Phi) is 18.3. The lowest BCUT2D eigenvalue weighted by atomic mass is 10.0. The molecule has 0 heterocycles. The van der Waals surface area contributed by atoms with Gasteiger partial charge in [-0.25, -0.2) is 0 Å². The van der Waals surface area contributed by atoms with E-state index in [-0.39, 0.29) is 9.75 Å². The number of rotatable bonds is 10. The predicted octanol–water partition coefficient (Wildman–Crippen LogP) is 9.78. The van der Waals surface area contributed by atoms with E-state index in [9.17, 15) is 0 Å². The molecule has 0 fully saturated rings. The molecule has 0 aliphatic heterocycles. The van der Waals surface area contributed by atoms with Crippen LogP contribution in [0.15, 0.2) is 23.3 Å². The van der Waals surface area contributed by atoms with Crippen molar-refractivity contribution in [2.24, 2.45) is 0 Å². The van der Waals surface area contributed by atoms with Crippen LogP contribution in [-0.4, -0.2) is 30.1 Å². The monoisotopic (exact) mass is 660 g/mol. The van der Waals surface area contributed by atoms with Gasteiger partial charge < -0.3 is 0 Å². The summed E-state index contributed by atoms with van der Waals surface area (Å²) < 4.78 is 0. The first kappa shape index (κ1) is 30.2. The van der Waals surface area contributed by atoms with Gasteiger partial charge in [0.1, 0.15) is 0 Å². The molecule has 0 aliphatic rings. The molecule has 0 aromatic rings. The fourth-order valence-electron chi connectivity index (χ4n) is 1.89. The van der Waals surface area contributed by atoms with Crippen LogP contribution in [0.2, 0.25) is 0 Å². The van der Waals surface area contributed by atoms with Crippen LogP contribution in [0.1, 0.15) is 67.2 Å². The van der Waals surface area contributed by atoms with Gasteiger partial charge in [-0.05, 0) is 67.2 Å². The Morgan fingerprint density at radius 2 is 1.04 bits per heavy atom. The highest BCUT2D eigenvalue weighted by molar-refractivity contribution is 9.10. The van der Waals surface area contributed by atoms with Gasteiger partial charge >= 0.3 is 0 Å². The maximum Gasteiger partial charge on any atom is 0.0515 e. The van der Waals surface area contributed by atoms with Gasteiger partial charge in [0, 0.05) is 20.3 Å². The molecule has 0 bridgehead atoms. The molecule has 6 heteroatoms. The highest BCUT2D eigenvalue weighted by Gasteiger charge is 2.24. The third-order valence-electron chi connectivity index (χ3n) is 4.09. The summed E-state index contributed by atoms with van der Waals surface area (Å²) in [6, 6.07) is 0. The highest BCUT2D eigenvalue weighted by atomic mass is 79.9. The van der Waals surface area contributed by atoms with E-state index in [0.29, 0.717) is 9.65 Å². The first-order valence-corrected chi connectivity index (χ1v) is 13.7. The maximum absolute atomic E-state index is 6.18. The second-order valence-corrected chi connectivity index (χ2v) is 12.6. The van der Waals surface area contributed by atoms with Gasteiger partial charge in [-0.15, -0.1) is 23.2 Å². The average Bonchev–Trinajstić information content (AvgIpc) is 2.55. The number of hydrogen-bond acceptors (Lipinski definition) is 0. The summed E-state index contributed by atoms with van der Waals surface area (Å²) in [4.78, 5) is 0.419. The van der Waals surface area contributed by atoms with Crippen molar-refractivity contribution in [3.05, 3.63) is 23.3 Å². The van der Waals surface area contributed by atoms with Crippen LogP contribution < -0.4 is 0 Å². The molecule has 0 saturated carbocycles. The van der Waals surface area contributed by atoms with Gasteiger partial charge in [0.2, 0.25) is 0 Å². The minimum Gasteiger partial charge on any atom is -0.119 e. The van der Waals surface area contributed by atoms with Gasteiger partial charge in [0.05, 0.1) is 9.75 Å². The van der Waals surface area contributed by atoms with Crippen molar-refractivity contribution >= 4 is 86.9 Å². The summed E-state index contributed by atoms with van der Waals surface area (Å²) in [5.74, 6) is 0. The topological polar surface area (TPSA) is 0 Å². The number of allylic oxidation sites excluding steroid dienone is 4. The molecule has 0 aromatic carbocycles. The molecule has 0 N–H and O–H groups in total. The van der Waals surface area contributed by atoms with Gasteiger partial charge in [0.15, 0.2) is 0 Å². The molecule has 0 nitrogen and oxygen atoms in total. The van der Waals surface area contributed by atoms with Crippen molar-refractivity contribution in [2.75, 3.05) is 10.7 Å². The lowest BCUT2D eigenvalue weighted by Gasteiger charge is -2.23. The van der Waals surface area contributed by atoms with E-state index >= 15 is 0 Å². The summed E-state index contributed by atoms with van der Waals surface area (Å²) in [6.07, 6.45) is 8.70. The number of alkyl halides is 6. The Morgan fingerprint density at radius 3 is 1.19 bits per heavy atom. The minimum atomic E-state index is -0.162. The van der Waals surface area contributed by atoms with E-state index in [0.717, 1.165) is 36.3 Å². The zero-order valence-corrected chi connectivity index (χ0v) is 24.7. The summed E-state index contributed by atoms with van der Waals surface area (Å²) in [5.41, 5.74) is 2.87. The molecular weight excluding hydrogens is 631 g/mol. The molecule has 0 aliphatic carbocycles. The molecule has 0 aromatic heterocycles. The van der Waals surface area contributed by atoms with Crippen LogP contribution >= 0.6 is 86.9 Å². The quantitative estimate of drug-likeness (QED) is 0.161. The SMILES string of the molecule is CC=C(CBr)CCC(Br)C(C)(C)Cl.CC=C(CBr)CCC(Br)C(C)(C)Cl. The Balaban J connectivity index is 0. The lowest BCUT2D eigenvalue weighted by molar-refractivity contribution is 0.616. The minimum absolute atomic E-state index is 0.162. The Hall–Kier alpha value is 1.98. The molecular formula is C20H34Br4Cl2. The lowest BCUT2D eigenvalue weighted by Crippen LogP contribution is -2.24. The van der Waals surface area contributed by atoms with E-state index in [1.54, 1.807) is 0 Å². The second kappa shape index (κ2) is 15.8. The van der Waals surface area contributed by atoms with Crippen LogP contribution in [0, 0.1) is 0 Å². The van der Waals surface area contributed by atoms with E-state index in [4.69, 9.17) is 23.2 Å². The average molecular weight is 665 g/mol. The largest absolute Gasteiger partial charge is 0.119 e. The van der Waals surface area contributed by atoms with Crippen LogP contribution in [0.4, 0.5) is 0 Å². The van der Waals surface area contributed by atoms with Gasteiger partial charge in [0.25, 0.3) is 0 Å². The standard InChI is InChI=1S/2C10H17Br2Cl/c2*1-4-8(7-11)5-6-9(12)10(2,3)13/h2*4,9H,5-7H2,1-3H3. The molecule has 0 saturated heterocycles. The normalized spacial score (nSPS) is 16.0. The van der Waals surface area contributed by atoms with E-state index in [1.807, 2.05) is 27.7 Å². The van der Waals surface area contributed by atoms with Crippen molar-refractivity contribution in [3.63, 3.8) is 0 Å². The van der Waals surface area contributed by atoms with Crippen LogP contribution in [0.5, 0.6) is 0 Å². The zero-order chi connectivity index (χ0) is 21.0. The third-order valence-corrected chi connectivity index (χ3v) is 9.79. The highest BCUT2D eigenvalue weighted by Crippen LogP contribution is 2.30. The molecule has 2 unspecified atom stereocenters. The first-order chi connectivity index (χ1) is 11.8. The van der Waals surface area contributed by atoms with Crippen molar-refractivity contribution in [3.8, 4) is 0 Å². The van der Waals surface area contributed by atoms with Crippen LogP contribution in [-0.2, 0) is 0 Å². The molecule has 0 amide bonds. The summed E-state index contributed by atoms with van der Waals surface area (Å²) >= 11 is 26.5. The van der Waals surface area contributed by atoms with E-state index < -0.39 is 0 Å². The Bertz CT molecular complexity index is 381. The number of hydrogen-bond donors (Lipinski definition) is 0. The Morgan fingerprint density at radius 1 is 0.769 bits per heavy atom. The zero-order valence-electron chi connectivity index (χ0n) is 16.8. The molecule has 0 rings (SSSR count). The van der Waals surface area contributed by atoms with Crippen LogP contribution in [0.3, 0.4) is 0 Å². The predicted molar refractivity (Wildman–Crippen MR) is 139 cm³/mol. The van der Waals surface area contributed by atoms with Crippen molar-refractivity contribution < 1.29 is 0 Å². The summed E-state index contributed by atoms with van der Waals surface area (Å²) in [5, 5.41) is 1.93. The smallest absolute Gasteiger partial charge is 0.0515 e. The second-order valence-electron chi connectivity index (χ2n) is 7.30. The fraction of sp³-hybridized carbons (Fsp3) is 0.800. The molecule has 2 atom stereocenters. The van der Waals surface area contributed by atoms with Crippen molar-refractivity contribution in [1.29, 1.82) is 0 Å². The van der Waals surface area contributed by atoms with Crippen molar-refractivity contribution in [1.82, 2.24) is 0 Å². The van der Waals surface area contributed by atoms with Gasteiger partial charge in [-0.3, -0.25) is 0 Å². The van der Waals surface area contributed by atoms with E-state index in [1.165, 1.54) is 11.1 Å². The van der Waals surface area contributed by atoms with Crippen molar-refractivity contribution in [2.45, 2.75) is 86.6 Å². The molecule has 26 heavy (non-hydrogen) atoms.